The van der Waals surface area contributed by atoms with Crippen LogP contribution >= 0.6 is 0 Å². The fourth-order valence-corrected chi connectivity index (χ4v) is 1.52. The minimum Gasteiger partial charge on any atom is -0.508 e. The number of benzene rings is 1. The van der Waals surface area contributed by atoms with Crippen molar-refractivity contribution >= 4 is 5.97 Å². The molecule has 0 fully saturated rings. The van der Waals surface area contributed by atoms with Crippen molar-refractivity contribution in [3.63, 3.8) is 0 Å². The molecule has 0 amide bonds. The Morgan fingerprint density at radius 2 is 2.22 bits per heavy atom. The van der Waals surface area contributed by atoms with Gasteiger partial charge in [-0.05, 0) is 24.6 Å². The Hall–Kier alpha value is -2.16. The Morgan fingerprint density at radius 1 is 1.56 bits per heavy atom. The lowest BCUT2D eigenvalue weighted by Crippen LogP contribution is -2.09. The molecule has 6 heteroatoms. The van der Waals surface area contributed by atoms with E-state index < -0.39 is 23.7 Å². The maximum atomic E-state index is 12.7. The second-order valence-corrected chi connectivity index (χ2v) is 3.46. The van der Waals surface area contributed by atoms with Gasteiger partial charge in [0.15, 0.2) is 0 Å². The molecule has 0 aliphatic heterocycles. The van der Waals surface area contributed by atoms with Gasteiger partial charge in [0, 0.05) is 5.56 Å². The highest BCUT2D eigenvalue weighted by Crippen LogP contribution is 2.29. The van der Waals surface area contributed by atoms with E-state index in [1.165, 1.54) is 0 Å². The number of carbonyl (C=O) groups is 1. The summed E-state index contributed by atoms with van der Waals surface area (Å²) in [7, 11) is 0. The van der Waals surface area contributed by atoms with Gasteiger partial charge in [0.2, 0.25) is 0 Å². The fraction of sp³-hybridized carbons (Fsp3) is 0.333. The molecule has 0 heterocycles. The first-order chi connectivity index (χ1) is 8.49. The first kappa shape index (κ1) is 13.9. The molecular weight excluding hydrogens is 244 g/mol. The zero-order valence-electron chi connectivity index (χ0n) is 9.61. The largest absolute Gasteiger partial charge is 0.508 e. The predicted octanol–water partition coefficient (Wildman–Crippen LogP) is 2.31. The van der Waals surface area contributed by atoms with Crippen molar-refractivity contribution in [2.24, 2.45) is 0 Å². The van der Waals surface area contributed by atoms with E-state index in [4.69, 9.17) is 5.26 Å². The van der Waals surface area contributed by atoms with Gasteiger partial charge in [0.05, 0.1) is 24.7 Å². The molecule has 0 aliphatic rings. The Labute approximate surface area is 102 Å². The molecule has 1 aromatic rings. The Balaban J connectivity index is 3.18. The van der Waals surface area contributed by atoms with Gasteiger partial charge in [0.25, 0.3) is 6.43 Å². The minimum absolute atomic E-state index is 0.0336. The van der Waals surface area contributed by atoms with Crippen LogP contribution in [0.1, 0.15) is 30.0 Å². The van der Waals surface area contributed by atoms with E-state index in [1.54, 1.807) is 13.0 Å². The predicted molar refractivity (Wildman–Crippen MR) is 58.1 cm³/mol. The topological polar surface area (TPSA) is 70.3 Å². The van der Waals surface area contributed by atoms with Gasteiger partial charge in [-0.25, -0.2) is 8.78 Å². The lowest BCUT2D eigenvalue weighted by atomic mass is 9.99. The third-order valence-electron chi connectivity index (χ3n) is 2.22. The van der Waals surface area contributed by atoms with Crippen molar-refractivity contribution in [1.82, 2.24) is 0 Å². The van der Waals surface area contributed by atoms with Crippen LogP contribution < -0.4 is 0 Å². The van der Waals surface area contributed by atoms with Gasteiger partial charge < -0.3 is 9.84 Å². The standard InChI is InChI=1S/C12H11F2NO3/c1-2-18-11(17)4-7-3-8(16)5-9(12(13)14)10(7)6-15/h3,5,12,16H,2,4H2,1H3. The number of hydrogen-bond acceptors (Lipinski definition) is 4. The molecule has 1 rings (SSSR count). The van der Waals surface area contributed by atoms with Crippen LogP contribution in [0.2, 0.25) is 0 Å². The molecule has 96 valence electrons. The molecule has 0 aliphatic carbocycles. The first-order valence-corrected chi connectivity index (χ1v) is 5.19. The number of hydrogen-bond donors (Lipinski definition) is 1. The number of aromatic hydroxyl groups is 1. The summed E-state index contributed by atoms with van der Waals surface area (Å²) in [4.78, 5) is 11.3. The molecule has 0 saturated carbocycles. The second-order valence-electron chi connectivity index (χ2n) is 3.46. The van der Waals surface area contributed by atoms with E-state index in [-0.39, 0.29) is 24.2 Å². The van der Waals surface area contributed by atoms with Crippen molar-refractivity contribution in [3.8, 4) is 11.8 Å². The molecule has 0 unspecified atom stereocenters. The zero-order chi connectivity index (χ0) is 13.7. The molecule has 0 spiro atoms. The van der Waals surface area contributed by atoms with E-state index in [1.807, 2.05) is 0 Å². The monoisotopic (exact) mass is 255 g/mol. The van der Waals surface area contributed by atoms with Crippen LogP contribution in [0.5, 0.6) is 5.75 Å². The maximum absolute atomic E-state index is 12.7. The molecule has 1 N–H and O–H groups in total. The number of nitrogens with zero attached hydrogens (tertiary/aromatic N) is 1. The van der Waals surface area contributed by atoms with Crippen LogP contribution in [0.4, 0.5) is 8.78 Å². The van der Waals surface area contributed by atoms with Crippen molar-refractivity contribution in [2.45, 2.75) is 19.8 Å². The molecule has 0 bridgehead atoms. The summed E-state index contributed by atoms with van der Waals surface area (Å²) >= 11 is 0. The third-order valence-corrected chi connectivity index (χ3v) is 2.22. The first-order valence-electron chi connectivity index (χ1n) is 5.19. The molecule has 0 radical (unpaired) electrons. The van der Waals surface area contributed by atoms with Gasteiger partial charge in [-0.1, -0.05) is 0 Å². The Kier molecular flexibility index (Phi) is 4.60. The number of alkyl halides is 2. The summed E-state index contributed by atoms with van der Waals surface area (Å²) < 4.78 is 30.0. The van der Waals surface area contributed by atoms with Crippen LogP contribution in [0.25, 0.3) is 0 Å². The number of esters is 1. The Bertz CT molecular complexity index is 495. The molecular formula is C12H11F2NO3. The van der Waals surface area contributed by atoms with Gasteiger partial charge in [-0.2, -0.15) is 5.26 Å². The van der Waals surface area contributed by atoms with Gasteiger partial charge in [-0.3, -0.25) is 4.79 Å². The zero-order valence-corrected chi connectivity index (χ0v) is 9.61. The summed E-state index contributed by atoms with van der Waals surface area (Å²) in [6.45, 7) is 1.76. The number of ether oxygens (including phenoxy) is 1. The number of nitriles is 1. The number of phenolic OH excluding ortho intramolecular Hbond substituents is 1. The summed E-state index contributed by atoms with van der Waals surface area (Å²) in [5, 5.41) is 18.2. The molecule has 18 heavy (non-hydrogen) atoms. The van der Waals surface area contributed by atoms with Gasteiger partial charge in [0.1, 0.15) is 5.75 Å². The van der Waals surface area contributed by atoms with E-state index in [0.717, 1.165) is 12.1 Å². The number of rotatable bonds is 4. The van der Waals surface area contributed by atoms with Crippen LogP contribution in [0.3, 0.4) is 0 Å². The normalized spacial score (nSPS) is 10.2. The molecule has 0 aromatic heterocycles. The van der Waals surface area contributed by atoms with Crippen molar-refractivity contribution in [3.05, 3.63) is 28.8 Å². The maximum Gasteiger partial charge on any atom is 0.310 e. The van der Waals surface area contributed by atoms with E-state index in [0.29, 0.717) is 0 Å². The fourth-order valence-electron chi connectivity index (χ4n) is 1.52. The summed E-state index contributed by atoms with van der Waals surface area (Å²) in [5.41, 5.74) is -0.848. The van der Waals surface area contributed by atoms with Gasteiger partial charge >= 0.3 is 5.97 Å². The van der Waals surface area contributed by atoms with E-state index in [2.05, 4.69) is 4.74 Å². The molecule has 0 saturated heterocycles. The van der Waals surface area contributed by atoms with Crippen molar-refractivity contribution in [2.75, 3.05) is 6.61 Å². The van der Waals surface area contributed by atoms with Crippen LogP contribution in [-0.4, -0.2) is 17.7 Å². The lowest BCUT2D eigenvalue weighted by Gasteiger charge is -2.09. The highest BCUT2D eigenvalue weighted by molar-refractivity contribution is 5.74. The highest BCUT2D eigenvalue weighted by Gasteiger charge is 2.19. The highest BCUT2D eigenvalue weighted by atomic mass is 19.3. The second kappa shape index (κ2) is 5.96. The van der Waals surface area contributed by atoms with Crippen molar-refractivity contribution in [1.29, 1.82) is 5.26 Å². The van der Waals surface area contributed by atoms with E-state index >= 15 is 0 Å². The number of phenols is 1. The third kappa shape index (κ3) is 3.17. The minimum atomic E-state index is -2.90. The summed E-state index contributed by atoms with van der Waals surface area (Å²) in [6.07, 6.45) is -3.22. The average molecular weight is 255 g/mol. The number of halogens is 2. The van der Waals surface area contributed by atoms with Crippen molar-refractivity contribution < 1.29 is 23.4 Å². The summed E-state index contributed by atoms with van der Waals surface area (Å²) in [6, 6.07) is 3.55. The smallest absolute Gasteiger partial charge is 0.310 e. The van der Waals surface area contributed by atoms with Crippen LogP contribution in [0, 0.1) is 11.3 Å². The van der Waals surface area contributed by atoms with Crippen LogP contribution in [0.15, 0.2) is 12.1 Å². The molecule has 1 aromatic carbocycles. The average Bonchev–Trinajstić information content (AvgIpc) is 2.28. The molecule has 0 atom stereocenters. The lowest BCUT2D eigenvalue weighted by molar-refractivity contribution is -0.142. The SMILES string of the molecule is CCOC(=O)Cc1cc(O)cc(C(F)F)c1C#N. The quantitative estimate of drug-likeness (QED) is 0.838. The Morgan fingerprint density at radius 3 is 2.72 bits per heavy atom. The van der Waals surface area contributed by atoms with E-state index in [9.17, 15) is 18.7 Å². The number of carbonyl (C=O) groups excluding carboxylic acids is 1. The molecule has 4 nitrogen and oxygen atoms in total. The van der Waals surface area contributed by atoms with Crippen LogP contribution in [-0.2, 0) is 16.0 Å². The van der Waals surface area contributed by atoms with Gasteiger partial charge in [-0.15, -0.1) is 0 Å². The summed E-state index contributed by atoms with van der Waals surface area (Å²) in [5.74, 6) is -1.05.